The number of anilines is 1. The predicted molar refractivity (Wildman–Crippen MR) is 111 cm³/mol. The summed E-state index contributed by atoms with van der Waals surface area (Å²) in [4.78, 5) is 27.5. The van der Waals surface area contributed by atoms with Gasteiger partial charge in [-0.3, -0.25) is 14.9 Å². The highest BCUT2D eigenvalue weighted by molar-refractivity contribution is 7.18. The maximum atomic E-state index is 13.1. The maximum Gasteiger partial charge on any atom is 0.254 e. The van der Waals surface area contributed by atoms with Crippen LogP contribution in [0.2, 0.25) is 0 Å². The van der Waals surface area contributed by atoms with Gasteiger partial charge in [0.1, 0.15) is 16.9 Å². The average molecular weight is 440 g/mol. The molecule has 1 atom stereocenters. The molecule has 5 rings (SSSR count). The normalized spacial score (nSPS) is 17.1. The third kappa shape index (κ3) is 3.81. The van der Waals surface area contributed by atoms with E-state index in [-0.39, 0.29) is 24.4 Å². The Morgan fingerprint density at radius 2 is 1.90 bits per heavy atom. The molecule has 0 spiro atoms. The second kappa shape index (κ2) is 7.95. The van der Waals surface area contributed by atoms with Crippen LogP contribution >= 0.6 is 11.3 Å². The summed E-state index contributed by atoms with van der Waals surface area (Å²) in [7, 11) is 0. The smallest absolute Gasteiger partial charge is 0.254 e. The van der Waals surface area contributed by atoms with E-state index in [0.29, 0.717) is 45.7 Å². The van der Waals surface area contributed by atoms with Crippen molar-refractivity contribution >= 4 is 28.3 Å². The van der Waals surface area contributed by atoms with Crippen LogP contribution in [0.3, 0.4) is 0 Å². The first kappa shape index (κ1) is 19.4. The van der Waals surface area contributed by atoms with E-state index >= 15 is 0 Å². The van der Waals surface area contributed by atoms with Gasteiger partial charge in [0.05, 0.1) is 0 Å². The van der Waals surface area contributed by atoms with Gasteiger partial charge < -0.3 is 14.4 Å². The summed E-state index contributed by atoms with van der Waals surface area (Å²) in [6.45, 7) is 0.617. The van der Waals surface area contributed by atoms with E-state index < -0.39 is 6.04 Å². The number of rotatable bonds is 4. The van der Waals surface area contributed by atoms with Crippen LogP contribution in [0.4, 0.5) is 9.52 Å². The molecule has 2 aliphatic rings. The van der Waals surface area contributed by atoms with Crippen molar-refractivity contribution < 1.29 is 23.5 Å². The molecule has 1 fully saturated rings. The Hall–Kier alpha value is -3.53. The van der Waals surface area contributed by atoms with Crippen LogP contribution in [0, 0.1) is 5.82 Å². The number of carbonyl (C=O) groups is 2. The molecule has 1 aromatic heterocycles. The molecule has 2 aromatic carbocycles. The van der Waals surface area contributed by atoms with Gasteiger partial charge in [0.15, 0.2) is 11.5 Å². The number of benzene rings is 2. The van der Waals surface area contributed by atoms with Crippen molar-refractivity contribution in [3.05, 3.63) is 53.8 Å². The predicted octanol–water partition coefficient (Wildman–Crippen LogP) is 3.32. The second-order valence-electron chi connectivity index (χ2n) is 7.13. The van der Waals surface area contributed by atoms with Gasteiger partial charge >= 0.3 is 0 Å². The van der Waals surface area contributed by atoms with Crippen LogP contribution < -0.4 is 14.8 Å². The fourth-order valence-corrected chi connectivity index (χ4v) is 4.40. The van der Waals surface area contributed by atoms with Crippen LogP contribution in [-0.2, 0) is 4.79 Å². The number of ether oxygens (including phenoxy) is 2. The van der Waals surface area contributed by atoms with E-state index in [4.69, 9.17) is 9.47 Å². The van der Waals surface area contributed by atoms with Crippen LogP contribution in [0.25, 0.3) is 10.6 Å². The molecule has 8 nitrogen and oxygen atoms in total. The Balaban J connectivity index is 1.29. The van der Waals surface area contributed by atoms with Crippen LogP contribution in [0.5, 0.6) is 11.5 Å². The second-order valence-corrected chi connectivity index (χ2v) is 8.11. The summed E-state index contributed by atoms with van der Waals surface area (Å²) in [6, 6.07) is 10.3. The average Bonchev–Trinajstić information content (AvgIpc) is 3.53. The van der Waals surface area contributed by atoms with Crippen molar-refractivity contribution in [1.82, 2.24) is 15.1 Å². The summed E-state index contributed by atoms with van der Waals surface area (Å²) in [5, 5.41) is 11.7. The van der Waals surface area contributed by atoms with Gasteiger partial charge in [-0.2, -0.15) is 0 Å². The van der Waals surface area contributed by atoms with Crippen molar-refractivity contribution in [3.63, 3.8) is 0 Å². The first-order valence-corrected chi connectivity index (χ1v) is 10.5. The summed E-state index contributed by atoms with van der Waals surface area (Å²) >= 11 is 1.19. The highest BCUT2D eigenvalue weighted by Crippen LogP contribution is 2.34. The zero-order valence-electron chi connectivity index (χ0n) is 16.2. The van der Waals surface area contributed by atoms with Crippen molar-refractivity contribution in [2.75, 3.05) is 18.7 Å². The van der Waals surface area contributed by atoms with Gasteiger partial charge in [0, 0.05) is 17.7 Å². The minimum Gasteiger partial charge on any atom is -0.454 e. The Labute approximate surface area is 180 Å². The van der Waals surface area contributed by atoms with Crippen molar-refractivity contribution in [1.29, 1.82) is 0 Å². The van der Waals surface area contributed by atoms with E-state index in [1.54, 1.807) is 35.2 Å². The summed E-state index contributed by atoms with van der Waals surface area (Å²) in [5.74, 6) is 0.234. The fourth-order valence-electron chi connectivity index (χ4n) is 3.65. The van der Waals surface area contributed by atoms with Gasteiger partial charge in [-0.25, -0.2) is 4.39 Å². The van der Waals surface area contributed by atoms with Crippen LogP contribution in [-0.4, -0.2) is 46.3 Å². The molecular weight excluding hydrogens is 423 g/mol. The largest absolute Gasteiger partial charge is 0.454 e. The van der Waals surface area contributed by atoms with E-state index in [1.165, 1.54) is 23.5 Å². The number of hydrogen-bond donors (Lipinski definition) is 1. The lowest BCUT2D eigenvalue weighted by atomic mass is 10.1. The number of halogens is 1. The lowest BCUT2D eigenvalue weighted by Gasteiger charge is -2.23. The highest BCUT2D eigenvalue weighted by atomic mass is 32.1. The Morgan fingerprint density at radius 3 is 2.74 bits per heavy atom. The van der Waals surface area contributed by atoms with Gasteiger partial charge in [-0.15, -0.1) is 10.2 Å². The molecule has 0 aliphatic carbocycles. The first-order chi connectivity index (χ1) is 15.1. The molecular formula is C21H17FN4O4S. The number of hydrogen-bond acceptors (Lipinski definition) is 7. The minimum atomic E-state index is -0.601. The molecule has 1 unspecified atom stereocenters. The maximum absolute atomic E-state index is 13.1. The standard InChI is InChI=1S/C21H17FN4O4S/c22-14-6-3-12(4-7-14)19-24-25-21(31-19)23-18(27)15-2-1-9-26(15)20(28)13-5-8-16-17(10-13)30-11-29-16/h3-8,10,15H,1-2,9,11H2,(H,23,25,27). The Kier molecular flexibility index (Phi) is 4.99. The van der Waals surface area contributed by atoms with Gasteiger partial charge in [0.25, 0.3) is 5.91 Å². The van der Waals surface area contributed by atoms with E-state index in [2.05, 4.69) is 15.5 Å². The van der Waals surface area contributed by atoms with Crippen molar-refractivity contribution in [2.24, 2.45) is 0 Å². The summed E-state index contributed by atoms with van der Waals surface area (Å²) < 4.78 is 23.7. The number of likely N-dealkylation sites (tertiary alicyclic amines) is 1. The first-order valence-electron chi connectivity index (χ1n) is 9.69. The topological polar surface area (TPSA) is 93.7 Å². The van der Waals surface area contributed by atoms with E-state index in [9.17, 15) is 14.0 Å². The number of fused-ring (bicyclic) bond motifs is 1. The number of aromatic nitrogens is 2. The van der Waals surface area contributed by atoms with Crippen LogP contribution in [0.15, 0.2) is 42.5 Å². The van der Waals surface area contributed by atoms with Crippen molar-refractivity contribution in [2.45, 2.75) is 18.9 Å². The molecule has 1 saturated heterocycles. The monoisotopic (exact) mass is 440 g/mol. The molecule has 2 aliphatic heterocycles. The third-order valence-electron chi connectivity index (χ3n) is 5.18. The molecule has 0 radical (unpaired) electrons. The molecule has 2 amide bonds. The number of amides is 2. The molecule has 1 N–H and O–H groups in total. The lowest BCUT2D eigenvalue weighted by Crippen LogP contribution is -2.43. The molecule has 0 saturated carbocycles. The number of carbonyl (C=O) groups excluding carboxylic acids is 2. The van der Waals surface area contributed by atoms with Gasteiger partial charge in [0.2, 0.25) is 17.8 Å². The van der Waals surface area contributed by atoms with Gasteiger partial charge in [-0.1, -0.05) is 11.3 Å². The number of nitrogens with one attached hydrogen (secondary N) is 1. The minimum absolute atomic E-state index is 0.128. The molecule has 10 heteroatoms. The van der Waals surface area contributed by atoms with E-state index in [0.717, 1.165) is 6.42 Å². The molecule has 3 aromatic rings. The fraction of sp³-hybridized carbons (Fsp3) is 0.238. The van der Waals surface area contributed by atoms with E-state index in [1.807, 2.05) is 0 Å². The third-order valence-corrected chi connectivity index (χ3v) is 6.07. The SMILES string of the molecule is O=C(Nc1nnc(-c2ccc(F)cc2)s1)C1CCCN1C(=O)c1ccc2c(c1)OCO2. The molecule has 3 heterocycles. The summed E-state index contributed by atoms with van der Waals surface area (Å²) in [6.07, 6.45) is 1.29. The van der Waals surface area contributed by atoms with Gasteiger partial charge in [-0.05, 0) is 55.3 Å². The molecule has 31 heavy (non-hydrogen) atoms. The summed E-state index contributed by atoms with van der Waals surface area (Å²) in [5.41, 5.74) is 1.15. The quantitative estimate of drug-likeness (QED) is 0.669. The lowest BCUT2D eigenvalue weighted by molar-refractivity contribution is -0.119. The van der Waals surface area contributed by atoms with Crippen LogP contribution in [0.1, 0.15) is 23.2 Å². The Morgan fingerprint density at radius 1 is 1.10 bits per heavy atom. The zero-order valence-corrected chi connectivity index (χ0v) is 17.0. The molecule has 0 bridgehead atoms. The highest BCUT2D eigenvalue weighted by Gasteiger charge is 2.35. The zero-order chi connectivity index (χ0) is 21.4. The Bertz CT molecular complexity index is 1150. The molecule has 158 valence electrons. The number of nitrogens with zero attached hydrogens (tertiary/aromatic N) is 3. The van der Waals surface area contributed by atoms with Crippen molar-refractivity contribution in [3.8, 4) is 22.1 Å².